The molecule has 7 heteroatoms. The molecule has 2 saturated heterocycles. The first-order valence-corrected chi connectivity index (χ1v) is 11.4. The van der Waals surface area contributed by atoms with E-state index < -0.39 is 18.2 Å². The van der Waals surface area contributed by atoms with Crippen molar-refractivity contribution in [2.45, 2.75) is 31.6 Å². The molecule has 2 aliphatic heterocycles. The van der Waals surface area contributed by atoms with Gasteiger partial charge in [0.2, 0.25) is 5.91 Å². The first-order chi connectivity index (χ1) is 14.6. The van der Waals surface area contributed by atoms with Gasteiger partial charge in [0.05, 0.1) is 18.5 Å². The fourth-order valence-electron chi connectivity index (χ4n) is 4.63. The van der Waals surface area contributed by atoms with Gasteiger partial charge in [-0.3, -0.25) is 9.69 Å². The van der Waals surface area contributed by atoms with Gasteiger partial charge in [0, 0.05) is 18.7 Å². The number of hydrogen-bond donors (Lipinski definition) is 1. The van der Waals surface area contributed by atoms with Crippen LogP contribution >= 0.6 is 11.8 Å². The van der Waals surface area contributed by atoms with Crippen molar-refractivity contribution in [3.63, 3.8) is 0 Å². The Morgan fingerprint density at radius 3 is 2.80 bits per heavy atom. The number of amides is 2. The summed E-state index contributed by atoms with van der Waals surface area (Å²) in [5.41, 5.74) is 5.88. The van der Waals surface area contributed by atoms with Crippen molar-refractivity contribution in [3.8, 4) is 11.1 Å². The second-order valence-electron chi connectivity index (χ2n) is 8.03. The van der Waals surface area contributed by atoms with Crippen LogP contribution in [0.1, 0.15) is 23.1 Å². The van der Waals surface area contributed by atoms with E-state index in [1.165, 1.54) is 27.2 Å². The number of hydrogen-bond acceptors (Lipinski definition) is 5. The highest BCUT2D eigenvalue weighted by atomic mass is 32.2. The molecule has 3 aliphatic rings. The zero-order valence-electron chi connectivity index (χ0n) is 16.6. The van der Waals surface area contributed by atoms with Crippen molar-refractivity contribution < 1.29 is 19.4 Å². The zero-order valence-corrected chi connectivity index (χ0v) is 17.4. The van der Waals surface area contributed by atoms with Crippen LogP contribution in [0.4, 0.5) is 4.79 Å². The molecule has 2 amide bonds. The van der Waals surface area contributed by atoms with Crippen LogP contribution in [0.2, 0.25) is 0 Å². The number of carbonyl (C=O) groups is 2. The number of rotatable bonds is 3. The molecule has 0 radical (unpaired) electrons. The zero-order chi connectivity index (χ0) is 20.7. The average Bonchev–Trinajstić information content (AvgIpc) is 3.49. The highest BCUT2D eigenvalue weighted by Gasteiger charge is 2.42. The third-order valence-corrected chi connectivity index (χ3v) is 7.13. The number of fused-ring (bicyclic) bond motifs is 3. The van der Waals surface area contributed by atoms with Gasteiger partial charge in [0.25, 0.3) is 0 Å². The number of β-amino-alcohol motifs (C(OH)–C–C–N with tert-alkyl or cyclic N) is 1. The highest BCUT2D eigenvalue weighted by molar-refractivity contribution is 7.99. The van der Waals surface area contributed by atoms with E-state index in [0.29, 0.717) is 12.4 Å². The van der Waals surface area contributed by atoms with E-state index >= 15 is 0 Å². The summed E-state index contributed by atoms with van der Waals surface area (Å²) < 4.78 is 5.63. The third kappa shape index (κ3) is 3.46. The van der Waals surface area contributed by atoms with Gasteiger partial charge in [-0.25, -0.2) is 4.79 Å². The monoisotopic (exact) mass is 424 g/mol. The number of likely N-dealkylation sites (tertiary alicyclic amines) is 1. The second-order valence-corrected chi connectivity index (χ2v) is 9.10. The first kappa shape index (κ1) is 19.5. The molecule has 0 saturated carbocycles. The molecule has 6 nitrogen and oxygen atoms in total. The lowest BCUT2D eigenvalue weighted by molar-refractivity contribution is -0.134. The van der Waals surface area contributed by atoms with Gasteiger partial charge >= 0.3 is 6.09 Å². The molecule has 2 aromatic carbocycles. The van der Waals surface area contributed by atoms with Crippen LogP contribution in [0.5, 0.6) is 0 Å². The molecule has 2 aromatic rings. The van der Waals surface area contributed by atoms with Gasteiger partial charge in [-0.1, -0.05) is 42.5 Å². The van der Waals surface area contributed by atoms with Crippen LogP contribution in [0.3, 0.4) is 0 Å². The Hall–Kier alpha value is -2.51. The summed E-state index contributed by atoms with van der Waals surface area (Å²) in [7, 11) is 0. The molecule has 156 valence electrons. The third-order valence-electron chi connectivity index (χ3n) is 6.16. The van der Waals surface area contributed by atoms with E-state index in [9.17, 15) is 14.7 Å². The molecule has 0 bridgehead atoms. The van der Waals surface area contributed by atoms with Crippen molar-refractivity contribution in [2.24, 2.45) is 0 Å². The van der Waals surface area contributed by atoms with Gasteiger partial charge in [0.1, 0.15) is 12.6 Å². The predicted octanol–water partition coefficient (Wildman–Crippen LogP) is 2.86. The van der Waals surface area contributed by atoms with Gasteiger partial charge in [-0.2, -0.15) is 0 Å². The normalized spacial score (nSPS) is 22.2. The van der Waals surface area contributed by atoms with E-state index in [2.05, 4.69) is 18.2 Å². The van der Waals surface area contributed by atoms with Crippen molar-refractivity contribution in [1.82, 2.24) is 9.80 Å². The number of aliphatic hydroxyl groups excluding tert-OH is 1. The first-order valence-electron chi connectivity index (χ1n) is 10.3. The van der Waals surface area contributed by atoms with Crippen LogP contribution < -0.4 is 0 Å². The summed E-state index contributed by atoms with van der Waals surface area (Å²) in [6.07, 6.45) is -0.136. The molecular weight excluding hydrogens is 400 g/mol. The van der Waals surface area contributed by atoms with Crippen LogP contribution in [-0.2, 0) is 22.6 Å². The van der Waals surface area contributed by atoms with E-state index in [0.717, 1.165) is 17.7 Å². The van der Waals surface area contributed by atoms with E-state index in [1.807, 2.05) is 24.3 Å². The van der Waals surface area contributed by atoms with Gasteiger partial charge in [-0.15, -0.1) is 11.8 Å². The fourth-order valence-corrected chi connectivity index (χ4v) is 5.58. The highest BCUT2D eigenvalue weighted by Crippen LogP contribution is 2.38. The van der Waals surface area contributed by atoms with Crippen LogP contribution in [0.15, 0.2) is 42.5 Å². The summed E-state index contributed by atoms with van der Waals surface area (Å²) in [4.78, 5) is 28.8. The lowest BCUT2D eigenvalue weighted by Gasteiger charge is -2.26. The van der Waals surface area contributed by atoms with Crippen molar-refractivity contribution >= 4 is 23.8 Å². The van der Waals surface area contributed by atoms with Crippen LogP contribution in [0, 0.1) is 0 Å². The Labute approximate surface area is 179 Å². The SMILES string of the molecule is O=C([C@@H]1C[C@@H](O)CN1C(=O)OCc1cccc2c1Cc1ccccc1-2)N1CCSC1. The maximum Gasteiger partial charge on any atom is 0.410 e. The standard InChI is InChI=1S/C23H24N2O4S/c26-17-11-21(22(27)24-8-9-30-14-24)25(12-17)23(28)29-13-16-5-3-7-19-18-6-2-1-4-15(18)10-20(16)19/h1-7,17,21,26H,8-14H2/t17-,21+/m1/s1. The minimum atomic E-state index is -0.697. The van der Waals surface area contributed by atoms with Crippen LogP contribution in [0.25, 0.3) is 11.1 Å². The smallest absolute Gasteiger partial charge is 0.410 e. The van der Waals surface area contributed by atoms with Gasteiger partial charge in [-0.05, 0) is 34.2 Å². The van der Waals surface area contributed by atoms with Crippen LogP contribution in [-0.4, -0.2) is 63.8 Å². The van der Waals surface area contributed by atoms with E-state index in [4.69, 9.17) is 4.74 Å². The molecular formula is C23H24N2O4S. The largest absolute Gasteiger partial charge is 0.445 e. The maximum atomic E-state index is 12.8. The minimum absolute atomic E-state index is 0.0930. The number of ether oxygens (including phenoxy) is 1. The molecule has 0 spiro atoms. The van der Waals surface area contributed by atoms with Gasteiger partial charge < -0.3 is 14.7 Å². The summed E-state index contributed by atoms with van der Waals surface area (Å²) in [6.45, 7) is 0.979. The van der Waals surface area contributed by atoms with Crippen molar-refractivity contribution in [2.75, 3.05) is 24.7 Å². The lowest BCUT2D eigenvalue weighted by Crippen LogP contribution is -2.47. The lowest BCUT2D eigenvalue weighted by atomic mass is 10.0. The topological polar surface area (TPSA) is 70.1 Å². The maximum absolute atomic E-state index is 12.8. The molecule has 1 aliphatic carbocycles. The van der Waals surface area contributed by atoms with E-state index in [-0.39, 0.29) is 25.5 Å². The predicted molar refractivity (Wildman–Crippen MR) is 115 cm³/mol. The Bertz CT molecular complexity index is 989. The molecule has 2 heterocycles. The summed E-state index contributed by atoms with van der Waals surface area (Å²) >= 11 is 1.70. The van der Waals surface area contributed by atoms with Crippen molar-refractivity contribution in [1.29, 1.82) is 0 Å². The minimum Gasteiger partial charge on any atom is -0.445 e. The number of aliphatic hydroxyl groups is 1. The molecule has 1 N–H and O–H groups in total. The summed E-state index contributed by atoms with van der Waals surface area (Å²) in [5.74, 6) is 1.46. The molecule has 0 unspecified atom stereocenters. The number of thioether (sulfide) groups is 1. The Morgan fingerprint density at radius 2 is 1.97 bits per heavy atom. The Morgan fingerprint density at radius 1 is 1.13 bits per heavy atom. The van der Waals surface area contributed by atoms with Gasteiger partial charge in [0.15, 0.2) is 0 Å². The summed E-state index contributed by atoms with van der Waals surface area (Å²) in [6, 6.07) is 13.8. The molecule has 5 rings (SSSR count). The average molecular weight is 425 g/mol. The molecule has 0 aromatic heterocycles. The Balaban J connectivity index is 1.29. The molecule has 2 atom stereocenters. The number of carbonyl (C=O) groups excluding carboxylic acids is 2. The molecule has 30 heavy (non-hydrogen) atoms. The fraction of sp³-hybridized carbons (Fsp3) is 0.391. The molecule has 2 fully saturated rings. The quantitative estimate of drug-likeness (QED) is 0.700. The Kier molecular flexibility index (Phi) is 5.16. The summed E-state index contributed by atoms with van der Waals surface area (Å²) in [5, 5.41) is 10.1. The number of benzene rings is 2. The van der Waals surface area contributed by atoms with Crippen molar-refractivity contribution in [3.05, 3.63) is 59.2 Å². The second kappa shape index (κ2) is 7.96. The van der Waals surface area contributed by atoms with E-state index in [1.54, 1.807) is 16.7 Å². The number of nitrogens with zero attached hydrogens (tertiary/aromatic N) is 2.